The molecule has 0 spiro atoms. The first kappa shape index (κ1) is 15.2. The summed E-state index contributed by atoms with van der Waals surface area (Å²) in [6, 6.07) is -0.595. The SMILES string of the molecule is O=C(O)C1CCCCCN1CCOCC(F)(F)F. The first-order valence-electron chi connectivity index (χ1n) is 6.01. The lowest BCUT2D eigenvalue weighted by Gasteiger charge is -2.26. The second kappa shape index (κ2) is 6.94. The van der Waals surface area contributed by atoms with E-state index in [-0.39, 0.29) is 13.2 Å². The van der Waals surface area contributed by atoms with Crippen molar-refractivity contribution in [3.8, 4) is 0 Å². The van der Waals surface area contributed by atoms with Crippen LogP contribution in [0.5, 0.6) is 0 Å². The minimum Gasteiger partial charge on any atom is -0.480 e. The van der Waals surface area contributed by atoms with Gasteiger partial charge in [0.15, 0.2) is 0 Å². The number of nitrogens with zero attached hydrogens (tertiary/aromatic N) is 1. The van der Waals surface area contributed by atoms with Gasteiger partial charge in [-0.1, -0.05) is 12.8 Å². The minimum atomic E-state index is -4.33. The summed E-state index contributed by atoms with van der Waals surface area (Å²) in [4.78, 5) is 12.7. The van der Waals surface area contributed by atoms with E-state index < -0.39 is 24.8 Å². The molecule has 1 N–H and O–H groups in total. The van der Waals surface area contributed by atoms with Crippen LogP contribution >= 0.6 is 0 Å². The van der Waals surface area contributed by atoms with Crippen LogP contribution in [0.3, 0.4) is 0 Å². The Kier molecular flexibility index (Phi) is 5.87. The van der Waals surface area contributed by atoms with Gasteiger partial charge in [0.25, 0.3) is 0 Å². The summed E-state index contributed by atoms with van der Waals surface area (Å²) in [5.41, 5.74) is 0. The van der Waals surface area contributed by atoms with Crippen LogP contribution in [0.4, 0.5) is 13.2 Å². The highest BCUT2D eigenvalue weighted by Gasteiger charge is 2.29. The molecule has 0 aromatic heterocycles. The van der Waals surface area contributed by atoms with Crippen LogP contribution in [0.25, 0.3) is 0 Å². The zero-order valence-corrected chi connectivity index (χ0v) is 10.1. The molecule has 0 aromatic rings. The number of ether oxygens (including phenoxy) is 1. The van der Waals surface area contributed by atoms with Gasteiger partial charge in [0.05, 0.1) is 6.61 Å². The molecule has 1 heterocycles. The Bertz CT molecular complexity index is 271. The average Bonchev–Trinajstić information content (AvgIpc) is 2.48. The monoisotopic (exact) mass is 269 g/mol. The summed E-state index contributed by atoms with van der Waals surface area (Å²) >= 11 is 0. The van der Waals surface area contributed by atoms with Gasteiger partial charge in [-0.05, 0) is 19.4 Å². The third kappa shape index (κ3) is 5.68. The summed E-state index contributed by atoms with van der Waals surface area (Å²) in [6.45, 7) is -0.540. The van der Waals surface area contributed by atoms with Crippen LogP contribution in [0.1, 0.15) is 25.7 Å². The molecule has 1 aliphatic heterocycles. The van der Waals surface area contributed by atoms with Crippen molar-refractivity contribution in [3.05, 3.63) is 0 Å². The standard InChI is InChI=1S/C11H18F3NO3/c12-11(13,14)8-18-7-6-15-5-3-1-2-4-9(15)10(16)17/h9H,1-8H2,(H,16,17). The number of alkyl halides is 3. The second-order valence-corrected chi connectivity index (χ2v) is 4.41. The number of hydrogen-bond donors (Lipinski definition) is 1. The van der Waals surface area contributed by atoms with E-state index >= 15 is 0 Å². The Labute approximate surface area is 104 Å². The summed E-state index contributed by atoms with van der Waals surface area (Å²) < 4.78 is 40.1. The highest BCUT2D eigenvalue weighted by molar-refractivity contribution is 5.73. The van der Waals surface area contributed by atoms with E-state index in [2.05, 4.69) is 4.74 Å². The average molecular weight is 269 g/mol. The molecule has 7 heteroatoms. The highest BCUT2D eigenvalue weighted by atomic mass is 19.4. The van der Waals surface area contributed by atoms with Crippen molar-refractivity contribution < 1.29 is 27.8 Å². The van der Waals surface area contributed by atoms with E-state index in [1.165, 1.54) is 0 Å². The first-order chi connectivity index (χ1) is 8.40. The van der Waals surface area contributed by atoms with Gasteiger partial charge in [-0.3, -0.25) is 9.69 Å². The third-order valence-electron chi connectivity index (χ3n) is 2.94. The van der Waals surface area contributed by atoms with Crippen LogP contribution in [0.2, 0.25) is 0 Å². The molecule has 1 atom stereocenters. The first-order valence-corrected chi connectivity index (χ1v) is 6.01. The van der Waals surface area contributed by atoms with Gasteiger partial charge in [0, 0.05) is 6.54 Å². The minimum absolute atomic E-state index is 0.0940. The van der Waals surface area contributed by atoms with Crippen molar-refractivity contribution in [1.82, 2.24) is 4.90 Å². The molecule has 1 aliphatic rings. The molecule has 18 heavy (non-hydrogen) atoms. The lowest BCUT2D eigenvalue weighted by molar-refractivity contribution is -0.175. The summed E-state index contributed by atoms with van der Waals surface area (Å²) in [5, 5.41) is 9.06. The number of carbonyl (C=O) groups is 1. The van der Waals surface area contributed by atoms with E-state index in [4.69, 9.17) is 5.11 Å². The molecular weight excluding hydrogens is 251 g/mol. The van der Waals surface area contributed by atoms with Crippen molar-refractivity contribution in [1.29, 1.82) is 0 Å². The van der Waals surface area contributed by atoms with Crippen LogP contribution in [-0.2, 0) is 9.53 Å². The molecule has 1 rings (SSSR count). The number of carboxylic acid groups (broad SMARTS) is 1. The number of likely N-dealkylation sites (tertiary alicyclic amines) is 1. The summed E-state index contributed by atoms with van der Waals surface area (Å²) in [5.74, 6) is -0.910. The molecular formula is C11H18F3NO3. The summed E-state index contributed by atoms with van der Waals surface area (Å²) in [7, 11) is 0. The van der Waals surface area contributed by atoms with Crippen molar-refractivity contribution in [2.45, 2.75) is 37.9 Å². The molecule has 106 valence electrons. The van der Waals surface area contributed by atoms with Crippen molar-refractivity contribution >= 4 is 5.97 Å². The zero-order chi connectivity index (χ0) is 13.6. The molecule has 0 radical (unpaired) electrons. The van der Waals surface area contributed by atoms with Gasteiger partial charge in [0.2, 0.25) is 0 Å². The smallest absolute Gasteiger partial charge is 0.411 e. The van der Waals surface area contributed by atoms with Crippen molar-refractivity contribution in [2.75, 3.05) is 26.3 Å². The molecule has 0 amide bonds. The molecule has 1 fully saturated rings. The molecule has 0 saturated carbocycles. The third-order valence-corrected chi connectivity index (χ3v) is 2.94. The molecule has 0 bridgehead atoms. The number of carboxylic acids is 1. The van der Waals surface area contributed by atoms with E-state index in [0.29, 0.717) is 13.0 Å². The van der Waals surface area contributed by atoms with Gasteiger partial charge >= 0.3 is 12.1 Å². The predicted molar refractivity (Wildman–Crippen MR) is 58.3 cm³/mol. The predicted octanol–water partition coefficient (Wildman–Crippen LogP) is 1.89. The zero-order valence-electron chi connectivity index (χ0n) is 10.1. The van der Waals surface area contributed by atoms with Crippen LogP contribution in [-0.4, -0.2) is 54.5 Å². The van der Waals surface area contributed by atoms with Gasteiger partial charge in [-0.25, -0.2) is 0 Å². The molecule has 4 nitrogen and oxygen atoms in total. The maximum Gasteiger partial charge on any atom is 0.411 e. The largest absolute Gasteiger partial charge is 0.480 e. The number of halogens is 3. The lowest BCUT2D eigenvalue weighted by atomic mass is 10.1. The van der Waals surface area contributed by atoms with E-state index in [0.717, 1.165) is 19.3 Å². The molecule has 0 aromatic carbocycles. The fourth-order valence-electron chi connectivity index (χ4n) is 2.08. The number of rotatable bonds is 5. The molecule has 1 unspecified atom stereocenters. The Morgan fingerprint density at radius 1 is 1.33 bits per heavy atom. The van der Waals surface area contributed by atoms with Gasteiger partial charge in [0.1, 0.15) is 12.6 Å². The fraction of sp³-hybridized carbons (Fsp3) is 0.909. The number of aliphatic carboxylic acids is 1. The lowest BCUT2D eigenvalue weighted by Crippen LogP contribution is -2.42. The Hall–Kier alpha value is -0.820. The van der Waals surface area contributed by atoms with Crippen LogP contribution in [0.15, 0.2) is 0 Å². The molecule has 1 saturated heterocycles. The van der Waals surface area contributed by atoms with Gasteiger partial charge in [-0.2, -0.15) is 13.2 Å². The second-order valence-electron chi connectivity index (χ2n) is 4.41. The van der Waals surface area contributed by atoms with Crippen LogP contribution < -0.4 is 0 Å². The van der Waals surface area contributed by atoms with Gasteiger partial charge < -0.3 is 9.84 Å². The van der Waals surface area contributed by atoms with E-state index in [9.17, 15) is 18.0 Å². The summed E-state index contributed by atoms with van der Waals surface area (Å²) in [6.07, 6.45) is -1.09. The van der Waals surface area contributed by atoms with Crippen LogP contribution in [0, 0.1) is 0 Å². The van der Waals surface area contributed by atoms with E-state index in [1.807, 2.05) is 0 Å². The maximum absolute atomic E-state index is 11.9. The Morgan fingerprint density at radius 2 is 2.06 bits per heavy atom. The highest BCUT2D eigenvalue weighted by Crippen LogP contribution is 2.17. The number of hydrogen-bond acceptors (Lipinski definition) is 3. The molecule has 0 aliphatic carbocycles. The Morgan fingerprint density at radius 3 is 2.67 bits per heavy atom. The van der Waals surface area contributed by atoms with Crippen molar-refractivity contribution in [2.24, 2.45) is 0 Å². The quantitative estimate of drug-likeness (QED) is 0.774. The normalized spacial score (nSPS) is 22.7. The van der Waals surface area contributed by atoms with Crippen molar-refractivity contribution in [3.63, 3.8) is 0 Å². The topological polar surface area (TPSA) is 49.8 Å². The fourth-order valence-corrected chi connectivity index (χ4v) is 2.08. The Balaban J connectivity index is 2.35. The van der Waals surface area contributed by atoms with Gasteiger partial charge in [-0.15, -0.1) is 0 Å². The maximum atomic E-state index is 11.9. The van der Waals surface area contributed by atoms with E-state index in [1.54, 1.807) is 4.90 Å².